The third kappa shape index (κ3) is 3.42. The van der Waals surface area contributed by atoms with Gasteiger partial charge in [0.1, 0.15) is 11.5 Å². The molecule has 2 aliphatic heterocycles. The smallest absolute Gasteiger partial charge is 0.433 e. The second-order valence-electron chi connectivity index (χ2n) is 7.48. The van der Waals surface area contributed by atoms with E-state index in [2.05, 4.69) is 15.3 Å². The predicted molar refractivity (Wildman–Crippen MR) is 102 cm³/mol. The van der Waals surface area contributed by atoms with E-state index in [-0.39, 0.29) is 29.9 Å². The molecule has 1 aromatic heterocycles. The van der Waals surface area contributed by atoms with Crippen LogP contribution in [0.25, 0.3) is 0 Å². The quantitative estimate of drug-likeness (QED) is 0.719. The molecular weight excluding hydrogens is 385 g/mol. The first-order chi connectivity index (χ1) is 13.8. The summed E-state index contributed by atoms with van der Waals surface area (Å²) in [4.78, 5) is 20.6. The maximum atomic E-state index is 13.7. The van der Waals surface area contributed by atoms with Crippen LogP contribution in [0.1, 0.15) is 39.5 Å². The van der Waals surface area contributed by atoms with Gasteiger partial charge in [0.15, 0.2) is 5.82 Å². The zero-order chi connectivity index (χ0) is 20.8. The van der Waals surface area contributed by atoms with E-state index in [1.165, 1.54) is 6.21 Å². The number of carbonyl (C=O) groups excluding carboxylic acids is 1. The number of ether oxygens (including phenoxy) is 1. The predicted octanol–water partition coefficient (Wildman–Crippen LogP) is 4.52. The maximum Gasteiger partial charge on any atom is 0.433 e. The molecule has 29 heavy (non-hydrogen) atoms. The summed E-state index contributed by atoms with van der Waals surface area (Å²) in [5.41, 5.74) is 0.691. The van der Waals surface area contributed by atoms with Gasteiger partial charge in [-0.05, 0) is 49.7 Å². The van der Waals surface area contributed by atoms with Crippen LogP contribution in [0.3, 0.4) is 0 Å². The second kappa shape index (κ2) is 7.27. The van der Waals surface area contributed by atoms with Crippen LogP contribution in [0.2, 0.25) is 0 Å². The first-order valence-corrected chi connectivity index (χ1v) is 9.82. The molecule has 0 amide bonds. The molecule has 9 heteroatoms. The summed E-state index contributed by atoms with van der Waals surface area (Å²) in [7, 11) is 0. The van der Waals surface area contributed by atoms with E-state index < -0.39 is 11.9 Å². The van der Waals surface area contributed by atoms with E-state index in [0.717, 1.165) is 18.4 Å². The highest BCUT2D eigenvalue weighted by Crippen LogP contribution is 2.48. The van der Waals surface area contributed by atoms with Crippen LogP contribution < -0.4 is 10.2 Å². The topological polar surface area (TPSA) is 69.7 Å². The summed E-state index contributed by atoms with van der Waals surface area (Å²) in [5.74, 6) is 0.868. The van der Waals surface area contributed by atoms with E-state index in [1.807, 2.05) is 6.92 Å². The highest BCUT2D eigenvalue weighted by Gasteiger charge is 2.47. The molecule has 0 saturated heterocycles. The molecule has 0 unspecified atom stereocenters. The van der Waals surface area contributed by atoms with Crippen LogP contribution in [0.4, 0.5) is 24.7 Å². The van der Waals surface area contributed by atoms with Gasteiger partial charge in [0.25, 0.3) is 0 Å². The van der Waals surface area contributed by atoms with Crippen LogP contribution in [0.5, 0.6) is 0 Å². The van der Waals surface area contributed by atoms with Crippen molar-refractivity contribution in [3.8, 4) is 0 Å². The molecule has 0 bridgehead atoms. The minimum atomic E-state index is -4.53. The summed E-state index contributed by atoms with van der Waals surface area (Å²) >= 11 is 0. The van der Waals surface area contributed by atoms with Crippen molar-refractivity contribution >= 4 is 23.7 Å². The average molecular weight is 408 g/mol. The van der Waals surface area contributed by atoms with Crippen molar-refractivity contribution in [1.29, 1.82) is 0 Å². The van der Waals surface area contributed by atoms with Crippen molar-refractivity contribution in [1.82, 2.24) is 10.3 Å². The highest BCUT2D eigenvalue weighted by molar-refractivity contribution is 5.96. The minimum absolute atomic E-state index is 0.00389. The third-order valence-corrected chi connectivity index (χ3v) is 5.69. The van der Waals surface area contributed by atoms with Gasteiger partial charge in [0.05, 0.1) is 24.2 Å². The number of aromatic amines is 1. The number of aliphatic imine (C=N–C) groups is 1. The van der Waals surface area contributed by atoms with Gasteiger partial charge in [-0.3, -0.25) is 9.69 Å². The fraction of sp³-hybridized carbons (Fsp3) is 0.500. The van der Waals surface area contributed by atoms with E-state index in [9.17, 15) is 18.0 Å². The van der Waals surface area contributed by atoms with Crippen molar-refractivity contribution in [3.05, 3.63) is 35.1 Å². The van der Waals surface area contributed by atoms with Crippen LogP contribution in [0, 0.1) is 11.8 Å². The van der Waals surface area contributed by atoms with E-state index >= 15 is 0 Å². The van der Waals surface area contributed by atoms with Gasteiger partial charge in [-0.1, -0.05) is 6.92 Å². The standard InChI is InChI=1S/C20H23F3N4O2/c1-3-12-7-11(9-16(28)29-4-2)8-13(12)19-26-17(20(21,22)23)15-10-25-18-14(27(15)19)5-6-24-18/h5-6,10-12,24,26H,3-4,7-9H2,1-2H3/b19-13+/t11-,12-/m1/s1. The number of fused-ring (bicyclic) bond motifs is 3. The molecular formula is C20H23F3N4O2. The number of esters is 1. The number of hydrogen-bond acceptors (Lipinski definition) is 5. The third-order valence-electron chi connectivity index (χ3n) is 5.69. The number of carbonyl (C=O) groups is 1. The molecule has 0 radical (unpaired) electrons. The lowest BCUT2D eigenvalue weighted by molar-refractivity contribution is -0.144. The van der Waals surface area contributed by atoms with Crippen LogP contribution in [0.15, 0.2) is 40.0 Å². The first-order valence-electron chi connectivity index (χ1n) is 9.82. The molecule has 4 rings (SSSR count). The normalized spacial score (nSPS) is 25.9. The van der Waals surface area contributed by atoms with E-state index in [0.29, 0.717) is 30.4 Å². The number of hydrogen-bond donors (Lipinski definition) is 2. The summed E-state index contributed by atoms with van der Waals surface area (Å²) in [6, 6.07) is 1.72. The minimum Gasteiger partial charge on any atom is -0.466 e. The Bertz CT molecular complexity index is 913. The fourth-order valence-electron chi connectivity index (χ4n) is 4.46. The lowest BCUT2D eigenvalue weighted by Gasteiger charge is -2.26. The van der Waals surface area contributed by atoms with Crippen LogP contribution in [-0.4, -0.2) is 30.0 Å². The van der Waals surface area contributed by atoms with Gasteiger partial charge in [0, 0.05) is 12.6 Å². The van der Waals surface area contributed by atoms with E-state index in [1.54, 1.807) is 24.1 Å². The molecule has 3 heterocycles. The summed E-state index contributed by atoms with van der Waals surface area (Å²) in [6.07, 6.45) is 0.770. The van der Waals surface area contributed by atoms with Crippen molar-refractivity contribution < 1.29 is 22.7 Å². The Labute approximate surface area is 166 Å². The molecule has 1 fully saturated rings. The Morgan fingerprint density at radius 1 is 1.38 bits per heavy atom. The molecule has 1 aromatic rings. The Kier molecular flexibility index (Phi) is 4.92. The molecule has 156 valence electrons. The summed E-state index contributed by atoms with van der Waals surface area (Å²) in [6.45, 7) is 4.10. The van der Waals surface area contributed by atoms with Crippen molar-refractivity contribution in [2.24, 2.45) is 16.8 Å². The number of H-pyrrole nitrogens is 1. The van der Waals surface area contributed by atoms with Gasteiger partial charge in [-0.15, -0.1) is 0 Å². The van der Waals surface area contributed by atoms with Gasteiger partial charge in [-0.25, -0.2) is 4.99 Å². The molecule has 0 aromatic carbocycles. The summed E-state index contributed by atoms with van der Waals surface area (Å²) < 4.78 is 46.2. The Morgan fingerprint density at radius 3 is 2.86 bits per heavy atom. The molecule has 2 N–H and O–H groups in total. The molecule has 2 atom stereocenters. The number of nitrogens with one attached hydrogen (secondary N) is 2. The molecule has 1 saturated carbocycles. The number of aromatic nitrogens is 1. The Hall–Kier alpha value is -2.71. The number of halogens is 3. The maximum absolute atomic E-state index is 13.7. The summed E-state index contributed by atoms with van der Waals surface area (Å²) in [5, 5.41) is 2.65. The van der Waals surface area contributed by atoms with Gasteiger partial charge in [0.2, 0.25) is 0 Å². The SMILES string of the molecule is CCOC(=O)C[C@H]1C/C(=C2/NC(C(F)(F)F)=C3C=Nc4[nH]ccc4N32)[C@H](CC)C1. The number of anilines is 1. The zero-order valence-electron chi connectivity index (χ0n) is 16.3. The lowest BCUT2D eigenvalue weighted by atomic mass is 9.98. The number of nitrogens with zero attached hydrogens (tertiary/aromatic N) is 2. The van der Waals surface area contributed by atoms with Crippen LogP contribution >= 0.6 is 0 Å². The van der Waals surface area contributed by atoms with Gasteiger partial charge in [-0.2, -0.15) is 13.2 Å². The average Bonchev–Trinajstić information content (AvgIpc) is 3.36. The first kappa shape index (κ1) is 19.6. The van der Waals surface area contributed by atoms with Crippen molar-refractivity contribution in [2.75, 3.05) is 11.5 Å². The second-order valence-corrected chi connectivity index (χ2v) is 7.48. The number of alkyl halides is 3. The fourth-order valence-corrected chi connectivity index (χ4v) is 4.46. The van der Waals surface area contributed by atoms with Crippen LogP contribution in [-0.2, 0) is 9.53 Å². The van der Waals surface area contributed by atoms with E-state index in [4.69, 9.17) is 4.74 Å². The molecule has 0 spiro atoms. The largest absolute Gasteiger partial charge is 0.466 e. The highest BCUT2D eigenvalue weighted by atomic mass is 19.4. The monoisotopic (exact) mass is 408 g/mol. The lowest BCUT2D eigenvalue weighted by Crippen LogP contribution is -2.26. The van der Waals surface area contributed by atoms with Crippen molar-refractivity contribution in [2.45, 2.75) is 45.7 Å². The number of rotatable bonds is 4. The Balaban J connectivity index is 1.73. The van der Waals surface area contributed by atoms with Crippen molar-refractivity contribution in [3.63, 3.8) is 0 Å². The Morgan fingerprint density at radius 2 is 2.17 bits per heavy atom. The molecule has 3 aliphatic rings. The molecule has 1 aliphatic carbocycles. The number of allylic oxidation sites excluding steroid dienone is 3. The zero-order valence-corrected chi connectivity index (χ0v) is 16.3. The van der Waals surface area contributed by atoms with Gasteiger partial charge < -0.3 is 15.0 Å². The molecule has 6 nitrogen and oxygen atoms in total. The van der Waals surface area contributed by atoms with Gasteiger partial charge >= 0.3 is 12.1 Å².